The lowest BCUT2D eigenvalue weighted by molar-refractivity contribution is 0.0360. The van der Waals surface area contributed by atoms with Crippen molar-refractivity contribution in [3.63, 3.8) is 0 Å². The average molecular weight is 427 g/mol. The first-order valence-electron chi connectivity index (χ1n) is 11.2. The van der Waals surface area contributed by atoms with Crippen LogP contribution in [0.5, 0.6) is 5.75 Å². The van der Waals surface area contributed by atoms with Gasteiger partial charge in [0, 0.05) is 30.7 Å². The van der Waals surface area contributed by atoms with Gasteiger partial charge in [0.1, 0.15) is 17.3 Å². The highest BCUT2D eigenvalue weighted by Gasteiger charge is 2.39. The number of hydrogen-bond donors (Lipinski definition) is 2. The van der Waals surface area contributed by atoms with E-state index in [4.69, 9.17) is 10.1 Å². The quantitative estimate of drug-likeness (QED) is 0.501. The van der Waals surface area contributed by atoms with Crippen LogP contribution in [0.1, 0.15) is 19.3 Å². The van der Waals surface area contributed by atoms with Gasteiger partial charge >= 0.3 is 0 Å². The van der Waals surface area contributed by atoms with Crippen molar-refractivity contribution in [2.24, 2.45) is 5.41 Å². The first-order valence-corrected chi connectivity index (χ1v) is 11.2. The number of piperidine rings is 3. The van der Waals surface area contributed by atoms with Gasteiger partial charge in [-0.05, 0) is 80.2 Å². The van der Waals surface area contributed by atoms with Gasteiger partial charge in [0.05, 0.1) is 5.56 Å². The molecule has 0 atom stereocenters. The summed E-state index contributed by atoms with van der Waals surface area (Å²) in [6, 6.07) is 13.2. The van der Waals surface area contributed by atoms with Crippen LogP contribution in [0.25, 0.3) is 28.0 Å². The lowest BCUT2D eigenvalue weighted by Crippen LogP contribution is -2.51. The highest BCUT2D eigenvalue weighted by atomic mass is 16.3. The number of hydrogen-bond acceptors (Lipinski definition) is 6. The zero-order valence-electron chi connectivity index (χ0n) is 17.9. The number of nitrogens with one attached hydrogen (secondary N) is 1. The van der Waals surface area contributed by atoms with Gasteiger partial charge in [-0.2, -0.15) is 9.61 Å². The van der Waals surface area contributed by atoms with E-state index in [9.17, 15) is 5.11 Å². The van der Waals surface area contributed by atoms with E-state index in [1.165, 1.54) is 38.9 Å². The normalized spacial score (nSPS) is 22.3. The van der Waals surface area contributed by atoms with Crippen molar-refractivity contribution in [1.82, 2.24) is 24.5 Å². The molecule has 162 valence electrons. The highest BCUT2D eigenvalue weighted by Crippen LogP contribution is 2.40. The number of anilines is 1. The van der Waals surface area contributed by atoms with E-state index in [1.807, 2.05) is 41.0 Å². The zero-order valence-corrected chi connectivity index (χ0v) is 17.9. The predicted molar refractivity (Wildman–Crippen MR) is 125 cm³/mol. The van der Waals surface area contributed by atoms with Crippen molar-refractivity contribution in [1.29, 1.82) is 0 Å². The number of phenolic OH excluding ortho intramolecular Hbond substituents is 1. The van der Waals surface area contributed by atoms with Crippen LogP contribution in [0.15, 0.2) is 61.1 Å². The van der Waals surface area contributed by atoms with Crippen LogP contribution in [0.4, 0.5) is 5.82 Å². The molecule has 3 aliphatic rings. The van der Waals surface area contributed by atoms with Crippen molar-refractivity contribution in [2.75, 3.05) is 31.5 Å². The van der Waals surface area contributed by atoms with Crippen molar-refractivity contribution < 1.29 is 5.11 Å². The number of aromatic nitrogens is 4. The molecule has 0 spiro atoms. The average Bonchev–Trinajstić information content (AvgIpc) is 3.25. The molecule has 4 aromatic rings. The Labute approximate surface area is 186 Å². The molecule has 0 aliphatic carbocycles. The van der Waals surface area contributed by atoms with Crippen molar-refractivity contribution in [3.05, 3.63) is 61.1 Å². The molecule has 1 aromatic carbocycles. The summed E-state index contributed by atoms with van der Waals surface area (Å²) in [5.41, 5.74) is 4.72. The van der Waals surface area contributed by atoms with Crippen LogP contribution in [0, 0.1) is 5.41 Å². The van der Waals surface area contributed by atoms with Gasteiger partial charge in [0.25, 0.3) is 0 Å². The highest BCUT2D eigenvalue weighted by molar-refractivity contribution is 5.91. The van der Waals surface area contributed by atoms with Crippen LogP contribution in [0.2, 0.25) is 0 Å². The van der Waals surface area contributed by atoms with Crippen molar-refractivity contribution in [2.45, 2.75) is 19.3 Å². The topological polar surface area (TPSA) is 78.6 Å². The molecular weight excluding hydrogens is 400 g/mol. The molecule has 0 amide bonds. The van der Waals surface area contributed by atoms with Gasteiger partial charge in [0.2, 0.25) is 0 Å². The molecule has 0 unspecified atom stereocenters. The second-order valence-electron chi connectivity index (χ2n) is 9.02. The molecule has 2 N–H and O–H groups in total. The molecule has 3 aliphatic heterocycles. The molecule has 6 heterocycles. The summed E-state index contributed by atoms with van der Waals surface area (Å²) < 4.78 is 1.91. The Kier molecular flexibility index (Phi) is 4.57. The van der Waals surface area contributed by atoms with E-state index in [-0.39, 0.29) is 5.75 Å². The van der Waals surface area contributed by atoms with Gasteiger partial charge in [-0.15, -0.1) is 0 Å². The van der Waals surface area contributed by atoms with Crippen molar-refractivity contribution in [3.8, 4) is 28.1 Å². The molecule has 7 heteroatoms. The summed E-state index contributed by atoms with van der Waals surface area (Å²) in [5, 5.41) is 18.8. The van der Waals surface area contributed by atoms with E-state index in [1.54, 1.807) is 24.5 Å². The summed E-state index contributed by atoms with van der Waals surface area (Å²) in [6.07, 6.45) is 9.14. The van der Waals surface area contributed by atoms with Crippen LogP contribution in [0.3, 0.4) is 0 Å². The van der Waals surface area contributed by atoms with Crippen LogP contribution >= 0.6 is 0 Å². The number of rotatable bonds is 5. The molecular formula is C25H26N6O. The zero-order chi connectivity index (χ0) is 21.5. The number of aromatic hydroxyl groups is 1. The predicted octanol–water partition coefficient (Wildman–Crippen LogP) is 4.06. The van der Waals surface area contributed by atoms with Crippen LogP contribution in [-0.4, -0.2) is 55.8 Å². The molecule has 7 nitrogen and oxygen atoms in total. The van der Waals surface area contributed by atoms with Gasteiger partial charge in [0.15, 0.2) is 5.65 Å². The standard InChI is InChI=1S/C25H26N6O/c32-20-3-1-2-19(16-20)22-23(18-4-10-26-11-5-18)29-31-21(6-12-27-24(22)31)28-17-25-7-13-30(14-8-25)15-9-25/h1-6,10-12,16,28,32H,7-9,13-15,17H2. The van der Waals surface area contributed by atoms with Gasteiger partial charge in [-0.1, -0.05) is 12.1 Å². The van der Waals surface area contributed by atoms with E-state index in [0.717, 1.165) is 40.4 Å². The fourth-order valence-corrected chi connectivity index (χ4v) is 5.16. The lowest BCUT2D eigenvalue weighted by atomic mass is 9.72. The maximum absolute atomic E-state index is 10.1. The number of nitrogens with zero attached hydrogens (tertiary/aromatic N) is 5. The third-order valence-corrected chi connectivity index (χ3v) is 7.13. The SMILES string of the molecule is Oc1cccc(-c2c(-c3ccncc3)nn3c(NCC45CCN(CC4)CC5)ccnc23)c1. The molecule has 7 rings (SSSR count). The minimum Gasteiger partial charge on any atom is -0.508 e. The second kappa shape index (κ2) is 7.60. The molecule has 0 radical (unpaired) electrons. The van der Waals surface area contributed by atoms with E-state index >= 15 is 0 Å². The third kappa shape index (κ3) is 3.29. The number of phenols is 1. The van der Waals surface area contributed by atoms with Gasteiger partial charge in [-0.25, -0.2) is 4.98 Å². The molecule has 3 aromatic heterocycles. The fourth-order valence-electron chi connectivity index (χ4n) is 5.16. The first kappa shape index (κ1) is 19.3. The van der Waals surface area contributed by atoms with E-state index < -0.39 is 0 Å². The molecule has 2 bridgehead atoms. The Morgan fingerprint density at radius 1 is 0.938 bits per heavy atom. The molecule has 3 saturated heterocycles. The Morgan fingerprint density at radius 3 is 2.47 bits per heavy atom. The fraction of sp³-hybridized carbons (Fsp3) is 0.320. The number of pyridine rings is 1. The van der Waals surface area contributed by atoms with E-state index in [2.05, 4.69) is 15.2 Å². The Bertz CT molecular complexity index is 1250. The summed E-state index contributed by atoms with van der Waals surface area (Å²) in [6.45, 7) is 4.58. The Balaban J connectivity index is 1.45. The smallest absolute Gasteiger partial charge is 0.165 e. The molecule has 32 heavy (non-hydrogen) atoms. The maximum Gasteiger partial charge on any atom is 0.165 e. The van der Waals surface area contributed by atoms with Crippen LogP contribution < -0.4 is 5.32 Å². The third-order valence-electron chi connectivity index (χ3n) is 7.13. The number of benzene rings is 1. The number of fused-ring (bicyclic) bond motifs is 4. The monoisotopic (exact) mass is 426 g/mol. The summed E-state index contributed by atoms with van der Waals surface area (Å²) in [5.74, 6) is 1.17. The van der Waals surface area contributed by atoms with Gasteiger partial charge in [-0.3, -0.25) is 4.98 Å². The maximum atomic E-state index is 10.1. The first-order chi connectivity index (χ1) is 15.7. The molecule has 0 saturated carbocycles. The summed E-state index contributed by atoms with van der Waals surface area (Å²) >= 11 is 0. The van der Waals surface area contributed by atoms with Crippen molar-refractivity contribution >= 4 is 11.5 Å². The van der Waals surface area contributed by atoms with Crippen LogP contribution in [-0.2, 0) is 0 Å². The summed E-state index contributed by atoms with van der Waals surface area (Å²) in [7, 11) is 0. The lowest BCUT2D eigenvalue weighted by Gasteiger charge is -2.48. The largest absolute Gasteiger partial charge is 0.508 e. The minimum absolute atomic E-state index is 0.222. The van der Waals surface area contributed by atoms with E-state index in [0.29, 0.717) is 5.41 Å². The molecule has 3 fully saturated rings. The minimum atomic E-state index is 0.222. The summed E-state index contributed by atoms with van der Waals surface area (Å²) in [4.78, 5) is 11.4. The van der Waals surface area contributed by atoms with Gasteiger partial charge < -0.3 is 15.3 Å². The Hall–Kier alpha value is -3.45. The second-order valence-corrected chi connectivity index (χ2v) is 9.02. The Morgan fingerprint density at radius 2 is 1.72 bits per heavy atom.